The Morgan fingerprint density at radius 1 is 1.35 bits per heavy atom. The number of nitrogens with one attached hydrogen (secondary N) is 1. The first-order valence-electron chi connectivity index (χ1n) is 6.27. The topological polar surface area (TPSA) is 45.2 Å². The number of carbonyl (C=O) groups excluding carboxylic acids is 1. The second-order valence-corrected chi connectivity index (χ2v) is 4.89. The van der Waals surface area contributed by atoms with Crippen LogP contribution in [0.1, 0.15) is 23.2 Å². The Labute approximate surface area is 101 Å². The maximum atomic E-state index is 12.3. The fourth-order valence-electron chi connectivity index (χ4n) is 2.89. The molecular formula is C13H17N3O. The van der Waals surface area contributed by atoms with Gasteiger partial charge >= 0.3 is 0 Å². The predicted molar refractivity (Wildman–Crippen MR) is 64.7 cm³/mol. The second-order valence-electron chi connectivity index (χ2n) is 4.89. The Hall–Kier alpha value is -1.42. The van der Waals surface area contributed by atoms with Crippen molar-refractivity contribution in [1.82, 2.24) is 15.2 Å². The molecule has 4 nitrogen and oxygen atoms in total. The van der Waals surface area contributed by atoms with Crippen LogP contribution in [0, 0.1) is 5.92 Å². The SMILES string of the molecule is O=C(c1ccncc1)N1CCC2CCNC2C1. The summed E-state index contributed by atoms with van der Waals surface area (Å²) in [6.07, 6.45) is 5.75. The third kappa shape index (κ3) is 2.05. The van der Waals surface area contributed by atoms with Gasteiger partial charge in [0.1, 0.15) is 0 Å². The molecule has 2 saturated heterocycles. The van der Waals surface area contributed by atoms with E-state index in [1.807, 2.05) is 4.90 Å². The first-order chi connectivity index (χ1) is 8.34. The van der Waals surface area contributed by atoms with E-state index in [0.29, 0.717) is 6.04 Å². The molecule has 1 aromatic heterocycles. The first-order valence-corrected chi connectivity index (χ1v) is 6.27. The molecule has 3 rings (SSSR count). The van der Waals surface area contributed by atoms with Crippen molar-refractivity contribution in [3.63, 3.8) is 0 Å². The van der Waals surface area contributed by atoms with Crippen LogP contribution in [0.5, 0.6) is 0 Å². The van der Waals surface area contributed by atoms with E-state index in [0.717, 1.165) is 37.5 Å². The summed E-state index contributed by atoms with van der Waals surface area (Å²) >= 11 is 0. The standard InChI is InChI=1S/C13H17N3O/c17-13(11-1-5-14-6-2-11)16-8-4-10-3-7-15-12(10)9-16/h1-2,5-6,10,12,15H,3-4,7-9H2. The number of carbonyl (C=O) groups is 1. The van der Waals surface area contributed by atoms with Gasteiger partial charge in [0.15, 0.2) is 0 Å². The Bertz CT molecular complexity index is 406. The molecule has 2 fully saturated rings. The van der Waals surface area contributed by atoms with Gasteiger partial charge in [-0.1, -0.05) is 0 Å². The van der Waals surface area contributed by atoms with Crippen LogP contribution in [0.2, 0.25) is 0 Å². The van der Waals surface area contributed by atoms with E-state index in [2.05, 4.69) is 10.3 Å². The van der Waals surface area contributed by atoms with Crippen molar-refractivity contribution < 1.29 is 4.79 Å². The molecule has 3 heterocycles. The summed E-state index contributed by atoms with van der Waals surface area (Å²) in [7, 11) is 0. The number of hydrogen-bond donors (Lipinski definition) is 1. The Balaban J connectivity index is 1.71. The molecule has 0 spiro atoms. The van der Waals surface area contributed by atoms with Gasteiger partial charge in [0.2, 0.25) is 0 Å². The zero-order valence-corrected chi connectivity index (χ0v) is 9.80. The van der Waals surface area contributed by atoms with Crippen molar-refractivity contribution in [3.8, 4) is 0 Å². The molecule has 0 aromatic carbocycles. The molecule has 0 radical (unpaired) electrons. The van der Waals surface area contributed by atoms with Crippen molar-refractivity contribution in [2.24, 2.45) is 5.92 Å². The van der Waals surface area contributed by atoms with E-state index in [1.54, 1.807) is 24.5 Å². The summed E-state index contributed by atoms with van der Waals surface area (Å²) in [5, 5.41) is 3.49. The van der Waals surface area contributed by atoms with Crippen molar-refractivity contribution in [1.29, 1.82) is 0 Å². The van der Waals surface area contributed by atoms with Crippen LogP contribution in [-0.4, -0.2) is 41.5 Å². The molecule has 2 aliphatic rings. The fraction of sp³-hybridized carbons (Fsp3) is 0.538. The number of fused-ring (bicyclic) bond motifs is 1. The van der Waals surface area contributed by atoms with Gasteiger partial charge in [-0.15, -0.1) is 0 Å². The maximum Gasteiger partial charge on any atom is 0.254 e. The van der Waals surface area contributed by atoms with Gasteiger partial charge in [-0.25, -0.2) is 0 Å². The molecule has 1 amide bonds. The third-order valence-corrected chi connectivity index (χ3v) is 3.89. The lowest BCUT2D eigenvalue weighted by Crippen LogP contribution is -2.48. The number of aromatic nitrogens is 1. The minimum absolute atomic E-state index is 0.138. The van der Waals surface area contributed by atoms with Gasteiger partial charge in [0, 0.05) is 37.1 Å². The van der Waals surface area contributed by atoms with Crippen molar-refractivity contribution in [3.05, 3.63) is 30.1 Å². The lowest BCUT2D eigenvalue weighted by atomic mass is 9.92. The molecule has 2 unspecified atom stereocenters. The monoisotopic (exact) mass is 231 g/mol. The average Bonchev–Trinajstić information content (AvgIpc) is 2.86. The van der Waals surface area contributed by atoms with E-state index in [4.69, 9.17) is 0 Å². The molecule has 1 aromatic rings. The van der Waals surface area contributed by atoms with Crippen LogP contribution < -0.4 is 5.32 Å². The summed E-state index contributed by atoms with van der Waals surface area (Å²) < 4.78 is 0. The summed E-state index contributed by atoms with van der Waals surface area (Å²) in [4.78, 5) is 18.2. The summed E-state index contributed by atoms with van der Waals surface area (Å²) in [6.45, 7) is 2.85. The lowest BCUT2D eigenvalue weighted by molar-refractivity contribution is 0.0669. The van der Waals surface area contributed by atoms with Gasteiger partial charge in [-0.2, -0.15) is 0 Å². The number of likely N-dealkylation sites (tertiary alicyclic amines) is 1. The molecular weight excluding hydrogens is 214 g/mol. The zero-order valence-electron chi connectivity index (χ0n) is 9.80. The molecule has 4 heteroatoms. The summed E-state index contributed by atoms with van der Waals surface area (Å²) in [5.41, 5.74) is 0.747. The van der Waals surface area contributed by atoms with Gasteiger partial charge in [-0.3, -0.25) is 9.78 Å². The molecule has 0 aliphatic carbocycles. The number of piperidine rings is 1. The highest BCUT2D eigenvalue weighted by molar-refractivity contribution is 5.94. The van der Waals surface area contributed by atoms with Gasteiger partial charge in [0.05, 0.1) is 0 Å². The predicted octanol–water partition coefficient (Wildman–Crippen LogP) is 0.906. The van der Waals surface area contributed by atoms with Gasteiger partial charge < -0.3 is 10.2 Å². The van der Waals surface area contributed by atoms with Crippen LogP contribution in [0.4, 0.5) is 0 Å². The van der Waals surface area contributed by atoms with Crippen molar-refractivity contribution >= 4 is 5.91 Å². The summed E-state index contributed by atoms with van der Waals surface area (Å²) in [5.74, 6) is 0.913. The third-order valence-electron chi connectivity index (χ3n) is 3.89. The number of pyridine rings is 1. The van der Waals surface area contributed by atoms with E-state index >= 15 is 0 Å². The van der Waals surface area contributed by atoms with Gasteiger partial charge in [0.25, 0.3) is 5.91 Å². The number of hydrogen-bond acceptors (Lipinski definition) is 3. The van der Waals surface area contributed by atoms with Crippen molar-refractivity contribution in [2.45, 2.75) is 18.9 Å². The Morgan fingerprint density at radius 3 is 3.00 bits per heavy atom. The highest BCUT2D eigenvalue weighted by atomic mass is 16.2. The van der Waals surface area contributed by atoms with Crippen LogP contribution >= 0.6 is 0 Å². The van der Waals surface area contributed by atoms with Crippen molar-refractivity contribution in [2.75, 3.05) is 19.6 Å². The number of nitrogens with zero attached hydrogens (tertiary/aromatic N) is 2. The zero-order chi connectivity index (χ0) is 11.7. The fourth-order valence-corrected chi connectivity index (χ4v) is 2.89. The minimum Gasteiger partial charge on any atom is -0.337 e. The van der Waals surface area contributed by atoms with E-state index in [-0.39, 0.29) is 5.91 Å². The highest BCUT2D eigenvalue weighted by Crippen LogP contribution is 2.25. The van der Waals surface area contributed by atoms with E-state index in [1.165, 1.54) is 6.42 Å². The average molecular weight is 231 g/mol. The number of rotatable bonds is 1. The van der Waals surface area contributed by atoms with E-state index < -0.39 is 0 Å². The highest BCUT2D eigenvalue weighted by Gasteiger charge is 2.34. The molecule has 90 valence electrons. The second kappa shape index (κ2) is 4.45. The van der Waals surface area contributed by atoms with Crippen LogP contribution in [0.15, 0.2) is 24.5 Å². The largest absolute Gasteiger partial charge is 0.337 e. The first kappa shape index (κ1) is 10.7. The minimum atomic E-state index is 0.138. The van der Waals surface area contributed by atoms with Crippen LogP contribution in [0.3, 0.4) is 0 Å². The van der Waals surface area contributed by atoms with Crippen LogP contribution in [0.25, 0.3) is 0 Å². The number of amides is 1. The molecule has 17 heavy (non-hydrogen) atoms. The van der Waals surface area contributed by atoms with Gasteiger partial charge in [-0.05, 0) is 37.4 Å². The van der Waals surface area contributed by atoms with E-state index in [9.17, 15) is 4.79 Å². The Kier molecular flexibility index (Phi) is 2.81. The molecule has 0 saturated carbocycles. The molecule has 1 N–H and O–H groups in total. The smallest absolute Gasteiger partial charge is 0.254 e. The molecule has 0 bridgehead atoms. The normalized spacial score (nSPS) is 27.9. The van der Waals surface area contributed by atoms with Crippen LogP contribution in [-0.2, 0) is 0 Å². The Morgan fingerprint density at radius 2 is 2.18 bits per heavy atom. The quantitative estimate of drug-likeness (QED) is 0.781. The summed E-state index contributed by atoms with van der Waals surface area (Å²) in [6, 6.07) is 4.09. The lowest BCUT2D eigenvalue weighted by Gasteiger charge is -2.34. The maximum absolute atomic E-state index is 12.3. The molecule has 2 atom stereocenters. The molecule has 2 aliphatic heterocycles.